The summed E-state index contributed by atoms with van der Waals surface area (Å²) in [6.45, 7) is 18.7. The van der Waals surface area contributed by atoms with Crippen molar-refractivity contribution in [3.8, 4) is 0 Å². The van der Waals surface area contributed by atoms with Crippen LogP contribution in [0.15, 0.2) is 35.2 Å². The fourth-order valence-corrected chi connectivity index (χ4v) is 9.97. The lowest BCUT2D eigenvalue weighted by molar-refractivity contribution is -0.123. The van der Waals surface area contributed by atoms with Gasteiger partial charge in [0, 0.05) is 24.0 Å². The van der Waals surface area contributed by atoms with E-state index in [2.05, 4.69) is 54.6 Å². The van der Waals surface area contributed by atoms with Gasteiger partial charge in [-0.05, 0) is 67.2 Å². The molecule has 0 radical (unpaired) electrons. The molecule has 0 bridgehead atoms. The lowest BCUT2D eigenvalue weighted by atomic mass is 9.83. The molecular formula is C26H46O4SSi2. The molecule has 1 saturated carbocycles. The number of ketones is 1. The highest BCUT2D eigenvalue weighted by Crippen LogP contribution is 2.41. The molecule has 0 heterocycles. The van der Waals surface area contributed by atoms with Gasteiger partial charge in [-0.25, -0.2) is 0 Å². The van der Waals surface area contributed by atoms with E-state index in [1.54, 1.807) is 0 Å². The summed E-state index contributed by atoms with van der Waals surface area (Å²) in [5.74, 6) is 0.246. The molecule has 1 aromatic carbocycles. The van der Waals surface area contributed by atoms with E-state index in [-0.39, 0.29) is 22.8 Å². The van der Waals surface area contributed by atoms with Crippen molar-refractivity contribution in [1.29, 1.82) is 0 Å². The molecular weight excluding hydrogens is 465 g/mol. The third-order valence-electron chi connectivity index (χ3n) is 8.11. The summed E-state index contributed by atoms with van der Waals surface area (Å²) in [5.41, 5.74) is 0. The van der Waals surface area contributed by atoms with Gasteiger partial charge in [0.1, 0.15) is 11.0 Å². The quantitative estimate of drug-likeness (QED) is 0.302. The van der Waals surface area contributed by atoms with Crippen molar-refractivity contribution in [2.24, 2.45) is 5.92 Å². The van der Waals surface area contributed by atoms with Crippen LogP contribution in [0.2, 0.25) is 36.3 Å². The molecule has 0 aliphatic heterocycles. The van der Waals surface area contributed by atoms with Crippen molar-refractivity contribution in [2.45, 2.75) is 113 Å². The van der Waals surface area contributed by atoms with Gasteiger partial charge in [-0.1, -0.05) is 59.7 Å². The van der Waals surface area contributed by atoms with Crippen LogP contribution >= 0.6 is 0 Å². The van der Waals surface area contributed by atoms with Crippen LogP contribution < -0.4 is 0 Å². The predicted octanol–water partition coefficient (Wildman–Crippen LogP) is 6.94. The molecule has 33 heavy (non-hydrogen) atoms. The molecule has 7 heteroatoms. The number of rotatable bonds is 11. The van der Waals surface area contributed by atoms with Crippen LogP contribution in [0.25, 0.3) is 0 Å². The monoisotopic (exact) mass is 510 g/mol. The number of carbonyl (C=O) groups is 1. The average molecular weight is 511 g/mol. The van der Waals surface area contributed by atoms with E-state index >= 15 is 0 Å². The van der Waals surface area contributed by atoms with Crippen molar-refractivity contribution in [2.75, 3.05) is 6.61 Å². The molecule has 2 unspecified atom stereocenters. The molecule has 0 saturated heterocycles. The van der Waals surface area contributed by atoms with Gasteiger partial charge in [-0.2, -0.15) is 0 Å². The average Bonchev–Trinajstić information content (AvgIpc) is 2.78. The summed E-state index contributed by atoms with van der Waals surface area (Å²) in [4.78, 5) is 13.9. The van der Waals surface area contributed by atoms with Gasteiger partial charge >= 0.3 is 0 Å². The highest BCUT2D eigenvalue weighted by atomic mass is 32.2. The van der Waals surface area contributed by atoms with E-state index in [0.29, 0.717) is 19.4 Å². The standard InChI is InChI=1S/C26H46O4SSi2/c1-9-33(10-2,11-3)29-18-17-21-19-23(27)25(31(28)22-15-13-12-14-16-22)20-24(21)30-32(7,8)26(4,5)6/h12-16,21,24-25H,9-11,17-20H2,1-8H3/t21-,24+,25?,31?/m1/s1. The van der Waals surface area contributed by atoms with Crippen LogP contribution in [-0.4, -0.2) is 44.6 Å². The van der Waals surface area contributed by atoms with Crippen LogP contribution in [0.3, 0.4) is 0 Å². The minimum absolute atomic E-state index is 0.0502. The Bertz CT molecular complexity index is 779. The Morgan fingerprint density at radius 1 is 1.03 bits per heavy atom. The first-order chi connectivity index (χ1) is 15.4. The lowest BCUT2D eigenvalue weighted by Gasteiger charge is -2.44. The summed E-state index contributed by atoms with van der Waals surface area (Å²) < 4.78 is 26.7. The fraction of sp³-hybridized carbons (Fsp3) is 0.731. The van der Waals surface area contributed by atoms with Crippen LogP contribution in [0, 0.1) is 5.92 Å². The zero-order chi connectivity index (χ0) is 24.9. The molecule has 1 aliphatic rings. The van der Waals surface area contributed by atoms with Gasteiger partial charge in [0.25, 0.3) is 0 Å². The van der Waals surface area contributed by atoms with Crippen molar-refractivity contribution in [3.05, 3.63) is 30.3 Å². The maximum atomic E-state index is 13.3. The van der Waals surface area contributed by atoms with Crippen molar-refractivity contribution < 1.29 is 17.9 Å². The normalized spacial score (nSPS) is 23.5. The van der Waals surface area contributed by atoms with Crippen LogP contribution in [-0.2, 0) is 24.4 Å². The smallest absolute Gasteiger partial charge is 0.192 e. The lowest BCUT2D eigenvalue weighted by Crippen LogP contribution is -2.50. The largest absolute Gasteiger partial charge is 0.417 e. The molecule has 188 valence electrons. The van der Waals surface area contributed by atoms with E-state index in [1.807, 2.05) is 30.3 Å². The van der Waals surface area contributed by atoms with Gasteiger partial charge < -0.3 is 8.85 Å². The third-order valence-corrected chi connectivity index (χ3v) is 19.0. The number of benzene rings is 1. The van der Waals surface area contributed by atoms with Crippen molar-refractivity contribution in [3.63, 3.8) is 0 Å². The molecule has 4 nitrogen and oxygen atoms in total. The Hall–Kier alpha value is -0.606. The van der Waals surface area contributed by atoms with Crippen molar-refractivity contribution in [1.82, 2.24) is 0 Å². The summed E-state index contributed by atoms with van der Waals surface area (Å²) >= 11 is 0. The third kappa shape index (κ3) is 7.20. The zero-order valence-electron chi connectivity index (χ0n) is 22.1. The minimum Gasteiger partial charge on any atom is -0.417 e. The number of carbonyl (C=O) groups excluding carboxylic acids is 1. The number of Topliss-reactive ketones (excluding diaryl/α,β-unsaturated/α-hetero) is 1. The second-order valence-electron chi connectivity index (χ2n) is 11.1. The second kappa shape index (κ2) is 11.9. The van der Waals surface area contributed by atoms with Gasteiger partial charge in [0.05, 0.1) is 10.8 Å². The Morgan fingerprint density at radius 2 is 1.61 bits per heavy atom. The predicted molar refractivity (Wildman–Crippen MR) is 144 cm³/mol. The Labute approximate surface area is 206 Å². The second-order valence-corrected chi connectivity index (χ2v) is 22.2. The van der Waals surface area contributed by atoms with Gasteiger partial charge in [-0.15, -0.1) is 0 Å². The Balaban J connectivity index is 2.22. The maximum Gasteiger partial charge on any atom is 0.192 e. The number of hydrogen-bond donors (Lipinski definition) is 0. The van der Waals surface area contributed by atoms with Crippen LogP contribution in [0.1, 0.15) is 60.8 Å². The van der Waals surface area contributed by atoms with Gasteiger partial charge in [0.2, 0.25) is 0 Å². The van der Waals surface area contributed by atoms with Crippen molar-refractivity contribution >= 4 is 33.2 Å². The highest BCUT2D eigenvalue weighted by molar-refractivity contribution is 7.86. The van der Waals surface area contributed by atoms with Crippen LogP contribution in [0.5, 0.6) is 0 Å². The molecule has 0 spiro atoms. The van der Waals surface area contributed by atoms with Crippen LogP contribution in [0.4, 0.5) is 0 Å². The van der Waals surface area contributed by atoms with E-state index in [9.17, 15) is 9.00 Å². The summed E-state index contributed by atoms with van der Waals surface area (Å²) in [7, 11) is -5.05. The van der Waals surface area contributed by atoms with E-state index < -0.39 is 32.7 Å². The molecule has 2 rings (SSSR count). The SMILES string of the molecule is CC[Si](CC)(CC)OCC[C@@H]1CC(=O)C(S(=O)c2ccccc2)C[C@@H]1O[Si](C)(C)C(C)(C)C. The Morgan fingerprint density at radius 3 is 2.12 bits per heavy atom. The molecule has 1 aliphatic carbocycles. The first-order valence-electron chi connectivity index (χ1n) is 12.7. The highest BCUT2D eigenvalue weighted by Gasteiger charge is 2.45. The Kier molecular flexibility index (Phi) is 10.3. The molecule has 1 aromatic rings. The van der Waals surface area contributed by atoms with Gasteiger partial charge in [0.15, 0.2) is 16.6 Å². The summed E-state index contributed by atoms with van der Waals surface area (Å²) in [5, 5.41) is -0.409. The topological polar surface area (TPSA) is 52.6 Å². The molecule has 0 aromatic heterocycles. The van der Waals surface area contributed by atoms with E-state index in [4.69, 9.17) is 8.85 Å². The summed E-state index contributed by atoms with van der Waals surface area (Å²) in [6, 6.07) is 12.8. The molecule has 4 atom stereocenters. The summed E-state index contributed by atoms with van der Waals surface area (Å²) in [6.07, 6.45) is 1.76. The number of hydrogen-bond acceptors (Lipinski definition) is 4. The molecule has 0 amide bonds. The maximum absolute atomic E-state index is 13.3. The zero-order valence-corrected chi connectivity index (χ0v) is 24.9. The van der Waals surface area contributed by atoms with E-state index in [1.165, 1.54) is 0 Å². The fourth-order valence-electron chi connectivity index (χ4n) is 4.45. The van der Waals surface area contributed by atoms with Gasteiger partial charge in [-0.3, -0.25) is 9.00 Å². The first-order valence-corrected chi connectivity index (χ1v) is 19.3. The first kappa shape index (κ1) is 28.6. The molecule has 1 fully saturated rings. The minimum atomic E-state index is -2.04. The molecule has 0 N–H and O–H groups in total. The van der Waals surface area contributed by atoms with E-state index in [0.717, 1.165) is 29.4 Å².